The van der Waals surface area contributed by atoms with Crippen molar-refractivity contribution in [3.05, 3.63) is 57.0 Å². The minimum absolute atomic E-state index is 0.359. The Morgan fingerprint density at radius 2 is 1.95 bits per heavy atom. The van der Waals surface area contributed by atoms with E-state index in [9.17, 15) is 0 Å². The molecule has 2 rings (SSSR count). The Morgan fingerprint density at radius 3 is 2.63 bits per heavy atom. The molecule has 3 N–H and O–H groups in total. The predicted octanol–water partition coefficient (Wildman–Crippen LogP) is 4.79. The molecule has 0 saturated heterocycles. The minimum atomic E-state index is 0.359. The van der Waals surface area contributed by atoms with E-state index in [1.54, 1.807) is 0 Å². The maximum atomic E-state index is 6.16. The molecule has 2 aromatic rings. The van der Waals surface area contributed by atoms with Crippen molar-refractivity contribution < 1.29 is 0 Å². The standard InChI is InChI=1S/C14H12BrClN2S/c1-8-2-5-12(10(6-8)14(17)19)18-13-7-9(15)3-4-11(13)16/h2-7,18H,1H3,(H2,17,19). The molecule has 5 heteroatoms. The van der Waals surface area contributed by atoms with Crippen molar-refractivity contribution in [2.75, 3.05) is 5.32 Å². The molecule has 0 unspecified atom stereocenters. The van der Waals surface area contributed by atoms with Gasteiger partial charge in [0, 0.05) is 15.7 Å². The molecule has 0 aliphatic heterocycles. The van der Waals surface area contributed by atoms with E-state index in [1.807, 2.05) is 43.3 Å². The number of benzene rings is 2. The van der Waals surface area contributed by atoms with Crippen LogP contribution in [0.3, 0.4) is 0 Å². The molecule has 0 atom stereocenters. The van der Waals surface area contributed by atoms with Crippen LogP contribution in [0.25, 0.3) is 0 Å². The van der Waals surface area contributed by atoms with Gasteiger partial charge in [-0.1, -0.05) is 51.4 Å². The number of thiocarbonyl (C=S) groups is 1. The van der Waals surface area contributed by atoms with E-state index in [2.05, 4.69) is 21.2 Å². The molecule has 0 fully saturated rings. The molecule has 2 nitrogen and oxygen atoms in total. The fourth-order valence-corrected chi connectivity index (χ4v) is 2.40. The third-order valence-corrected chi connectivity index (χ3v) is 3.68. The van der Waals surface area contributed by atoms with Gasteiger partial charge in [0.2, 0.25) is 0 Å². The van der Waals surface area contributed by atoms with E-state index in [0.29, 0.717) is 10.0 Å². The molecule has 2 aromatic carbocycles. The molecule has 0 aromatic heterocycles. The predicted molar refractivity (Wildman–Crippen MR) is 89.5 cm³/mol. The van der Waals surface area contributed by atoms with Gasteiger partial charge in [-0.05, 0) is 37.3 Å². The van der Waals surface area contributed by atoms with Gasteiger partial charge in [-0.2, -0.15) is 0 Å². The Hall–Kier alpha value is -1.10. The van der Waals surface area contributed by atoms with Crippen molar-refractivity contribution in [2.24, 2.45) is 5.73 Å². The van der Waals surface area contributed by atoms with Crippen molar-refractivity contribution in [1.29, 1.82) is 0 Å². The molecule has 0 saturated carbocycles. The molecule has 0 aliphatic rings. The van der Waals surface area contributed by atoms with Crippen LogP contribution in [0.15, 0.2) is 40.9 Å². The van der Waals surface area contributed by atoms with Crippen molar-refractivity contribution in [1.82, 2.24) is 0 Å². The molecule has 0 heterocycles. The Labute approximate surface area is 131 Å². The largest absolute Gasteiger partial charge is 0.389 e. The highest BCUT2D eigenvalue weighted by molar-refractivity contribution is 9.10. The van der Waals surface area contributed by atoms with E-state index in [0.717, 1.165) is 27.0 Å². The Bertz CT molecular complexity index is 643. The van der Waals surface area contributed by atoms with Crippen LogP contribution in [0.2, 0.25) is 5.02 Å². The number of halogens is 2. The molecule has 19 heavy (non-hydrogen) atoms. The zero-order valence-electron chi connectivity index (χ0n) is 10.2. The molecular weight excluding hydrogens is 344 g/mol. The Balaban J connectivity index is 2.43. The lowest BCUT2D eigenvalue weighted by Gasteiger charge is -2.13. The molecule has 98 valence electrons. The number of aryl methyl sites for hydroxylation is 1. The SMILES string of the molecule is Cc1ccc(Nc2cc(Br)ccc2Cl)c(C(N)=S)c1. The number of hydrogen-bond donors (Lipinski definition) is 2. The fourth-order valence-electron chi connectivity index (χ4n) is 1.71. The molecule has 0 radical (unpaired) electrons. The lowest BCUT2D eigenvalue weighted by molar-refractivity contribution is 1.43. The fraction of sp³-hybridized carbons (Fsp3) is 0.0714. The monoisotopic (exact) mass is 354 g/mol. The second-order valence-corrected chi connectivity index (χ2v) is 5.93. The number of hydrogen-bond acceptors (Lipinski definition) is 2. The lowest BCUT2D eigenvalue weighted by Crippen LogP contribution is -2.12. The summed E-state index contributed by atoms with van der Waals surface area (Å²) in [5.41, 5.74) is 9.32. The van der Waals surface area contributed by atoms with Gasteiger partial charge in [-0.15, -0.1) is 0 Å². The van der Waals surface area contributed by atoms with E-state index in [-0.39, 0.29) is 0 Å². The second-order valence-electron chi connectivity index (χ2n) is 4.16. The van der Waals surface area contributed by atoms with Gasteiger partial charge in [0.15, 0.2) is 0 Å². The first-order valence-electron chi connectivity index (χ1n) is 5.60. The van der Waals surface area contributed by atoms with Gasteiger partial charge in [0.1, 0.15) is 4.99 Å². The van der Waals surface area contributed by atoms with Crippen LogP contribution in [0.4, 0.5) is 11.4 Å². The number of anilines is 2. The van der Waals surface area contributed by atoms with E-state index < -0.39 is 0 Å². The van der Waals surface area contributed by atoms with Crippen molar-refractivity contribution in [2.45, 2.75) is 6.92 Å². The van der Waals surface area contributed by atoms with Crippen LogP contribution >= 0.6 is 39.7 Å². The Kier molecular flexibility index (Phi) is 4.45. The van der Waals surface area contributed by atoms with E-state index in [1.165, 1.54) is 0 Å². The van der Waals surface area contributed by atoms with Gasteiger partial charge in [-0.3, -0.25) is 0 Å². The van der Waals surface area contributed by atoms with Crippen molar-refractivity contribution >= 4 is 56.1 Å². The summed E-state index contributed by atoms with van der Waals surface area (Å²) in [7, 11) is 0. The van der Waals surface area contributed by atoms with E-state index in [4.69, 9.17) is 29.6 Å². The van der Waals surface area contributed by atoms with Gasteiger partial charge in [0.05, 0.1) is 10.7 Å². The minimum Gasteiger partial charge on any atom is -0.389 e. The average molecular weight is 356 g/mol. The maximum Gasteiger partial charge on any atom is 0.106 e. The summed E-state index contributed by atoms with van der Waals surface area (Å²) in [4.78, 5) is 0.359. The second kappa shape index (κ2) is 5.90. The molecular formula is C14H12BrClN2S. The molecule has 0 aliphatic carbocycles. The lowest BCUT2D eigenvalue weighted by atomic mass is 10.1. The van der Waals surface area contributed by atoms with Crippen LogP contribution in [0.1, 0.15) is 11.1 Å². The quantitative estimate of drug-likeness (QED) is 0.778. The highest BCUT2D eigenvalue weighted by Crippen LogP contribution is 2.30. The highest BCUT2D eigenvalue weighted by Gasteiger charge is 2.08. The summed E-state index contributed by atoms with van der Waals surface area (Å²) in [5, 5.41) is 3.90. The average Bonchev–Trinajstić information content (AvgIpc) is 2.35. The van der Waals surface area contributed by atoms with Crippen LogP contribution in [0, 0.1) is 6.92 Å². The summed E-state index contributed by atoms with van der Waals surface area (Å²) >= 11 is 14.7. The maximum absolute atomic E-state index is 6.16. The highest BCUT2D eigenvalue weighted by atomic mass is 79.9. The normalized spacial score (nSPS) is 10.3. The Morgan fingerprint density at radius 1 is 1.21 bits per heavy atom. The van der Waals surface area contributed by atoms with Crippen molar-refractivity contribution in [3.63, 3.8) is 0 Å². The molecule has 0 amide bonds. The molecule has 0 spiro atoms. The van der Waals surface area contributed by atoms with Crippen LogP contribution in [-0.2, 0) is 0 Å². The number of nitrogens with two attached hydrogens (primary N) is 1. The summed E-state index contributed by atoms with van der Waals surface area (Å²) in [5.74, 6) is 0. The van der Waals surface area contributed by atoms with Gasteiger partial charge >= 0.3 is 0 Å². The number of nitrogens with one attached hydrogen (secondary N) is 1. The van der Waals surface area contributed by atoms with Gasteiger partial charge in [-0.25, -0.2) is 0 Å². The number of rotatable bonds is 3. The molecule has 0 bridgehead atoms. The summed E-state index contributed by atoms with van der Waals surface area (Å²) in [6.45, 7) is 2.00. The van der Waals surface area contributed by atoms with Crippen molar-refractivity contribution in [3.8, 4) is 0 Å². The van der Waals surface area contributed by atoms with E-state index >= 15 is 0 Å². The van der Waals surface area contributed by atoms with Crippen LogP contribution in [0.5, 0.6) is 0 Å². The first-order chi connectivity index (χ1) is 8.97. The summed E-state index contributed by atoms with van der Waals surface area (Å²) in [6.07, 6.45) is 0. The smallest absolute Gasteiger partial charge is 0.106 e. The third-order valence-electron chi connectivity index (χ3n) is 2.64. The zero-order chi connectivity index (χ0) is 14.0. The van der Waals surface area contributed by atoms with Gasteiger partial charge in [0.25, 0.3) is 0 Å². The third kappa shape index (κ3) is 3.47. The first kappa shape index (κ1) is 14.3. The topological polar surface area (TPSA) is 38.0 Å². The first-order valence-corrected chi connectivity index (χ1v) is 7.18. The van der Waals surface area contributed by atoms with Gasteiger partial charge < -0.3 is 11.1 Å². The summed E-state index contributed by atoms with van der Waals surface area (Å²) in [6, 6.07) is 11.5. The summed E-state index contributed by atoms with van der Waals surface area (Å²) < 4.78 is 0.948. The zero-order valence-corrected chi connectivity index (χ0v) is 13.4. The van der Waals surface area contributed by atoms with Crippen LogP contribution < -0.4 is 11.1 Å². The van der Waals surface area contributed by atoms with Crippen LogP contribution in [-0.4, -0.2) is 4.99 Å².